The lowest BCUT2D eigenvalue weighted by atomic mass is 10.2. The number of nitrogens with zero attached hydrogens (tertiary/aromatic N) is 3. The number of imidazole rings is 1. The summed E-state index contributed by atoms with van der Waals surface area (Å²) in [5, 5.41) is 3.59. The zero-order chi connectivity index (χ0) is 16.1. The first-order valence-electron chi connectivity index (χ1n) is 7.44. The first-order valence-corrected chi connectivity index (χ1v) is 8.49. The molecule has 0 aromatic carbocycles. The summed E-state index contributed by atoms with van der Waals surface area (Å²) in [6.45, 7) is -0.450. The fourth-order valence-corrected chi connectivity index (χ4v) is 3.81. The lowest BCUT2D eigenvalue weighted by Gasteiger charge is -2.21. The SMILES string of the molecule is CCSC1CCC(NC(=O)N(C)Cc2nccn2C(F)F)C1. The summed E-state index contributed by atoms with van der Waals surface area (Å²) in [6, 6.07) is -0.0650. The van der Waals surface area contributed by atoms with Gasteiger partial charge in [-0.3, -0.25) is 4.57 Å². The number of amides is 2. The summed E-state index contributed by atoms with van der Waals surface area (Å²) in [7, 11) is 1.59. The highest BCUT2D eigenvalue weighted by Gasteiger charge is 2.27. The van der Waals surface area contributed by atoms with Gasteiger partial charge in [0.2, 0.25) is 0 Å². The summed E-state index contributed by atoms with van der Waals surface area (Å²) in [5.74, 6) is 1.26. The van der Waals surface area contributed by atoms with Crippen LogP contribution in [0, 0.1) is 0 Å². The van der Waals surface area contributed by atoms with E-state index in [1.54, 1.807) is 7.05 Å². The van der Waals surface area contributed by atoms with E-state index in [9.17, 15) is 13.6 Å². The van der Waals surface area contributed by atoms with E-state index in [2.05, 4.69) is 17.2 Å². The lowest BCUT2D eigenvalue weighted by Crippen LogP contribution is -2.42. The van der Waals surface area contributed by atoms with Crippen molar-refractivity contribution in [1.29, 1.82) is 0 Å². The van der Waals surface area contributed by atoms with Gasteiger partial charge in [0.1, 0.15) is 5.82 Å². The predicted octanol–water partition coefficient (Wildman–Crippen LogP) is 3.09. The summed E-state index contributed by atoms with van der Waals surface area (Å²) in [6.07, 6.45) is 5.60. The molecule has 5 nitrogen and oxygen atoms in total. The topological polar surface area (TPSA) is 50.2 Å². The van der Waals surface area contributed by atoms with Crippen LogP contribution in [0.3, 0.4) is 0 Å². The summed E-state index contributed by atoms with van der Waals surface area (Å²) >= 11 is 1.93. The zero-order valence-corrected chi connectivity index (χ0v) is 13.7. The normalized spacial score (nSPS) is 21.3. The first-order chi connectivity index (χ1) is 10.5. The molecule has 8 heteroatoms. The molecule has 1 fully saturated rings. The molecule has 2 atom stereocenters. The van der Waals surface area contributed by atoms with E-state index in [4.69, 9.17) is 0 Å². The van der Waals surface area contributed by atoms with Gasteiger partial charge in [-0.25, -0.2) is 9.78 Å². The maximum Gasteiger partial charge on any atom is 0.319 e. The van der Waals surface area contributed by atoms with Crippen LogP contribution in [-0.2, 0) is 6.54 Å². The Morgan fingerprint density at radius 2 is 2.36 bits per heavy atom. The van der Waals surface area contributed by atoms with E-state index in [1.165, 1.54) is 17.3 Å². The summed E-state index contributed by atoms with van der Waals surface area (Å²) < 4.78 is 26.3. The van der Waals surface area contributed by atoms with E-state index in [0.29, 0.717) is 5.25 Å². The standard InChI is InChI=1S/C14H22F2N4OS/c1-3-22-11-5-4-10(8-11)18-14(21)19(2)9-12-17-6-7-20(12)13(15)16/h6-7,10-11,13H,3-5,8-9H2,1-2H3,(H,18,21). The van der Waals surface area contributed by atoms with E-state index < -0.39 is 6.55 Å². The van der Waals surface area contributed by atoms with Gasteiger partial charge < -0.3 is 10.2 Å². The van der Waals surface area contributed by atoms with Gasteiger partial charge in [0.15, 0.2) is 0 Å². The molecule has 124 valence electrons. The molecule has 2 rings (SSSR count). The quantitative estimate of drug-likeness (QED) is 0.871. The van der Waals surface area contributed by atoms with E-state index in [1.807, 2.05) is 11.8 Å². The molecule has 2 unspecified atom stereocenters. The van der Waals surface area contributed by atoms with Gasteiger partial charge in [-0.05, 0) is 25.0 Å². The van der Waals surface area contributed by atoms with Gasteiger partial charge >= 0.3 is 12.6 Å². The molecule has 1 aliphatic rings. The molecule has 22 heavy (non-hydrogen) atoms. The number of aromatic nitrogens is 2. The Labute approximate surface area is 133 Å². The van der Waals surface area contributed by atoms with Gasteiger partial charge in [0, 0.05) is 30.7 Å². The highest BCUT2D eigenvalue weighted by atomic mass is 32.2. The molecule has 1 aromatic rings. The molecule has 0 saturated heterocycles. The Balaban J connectivity index is 1.84. The molecule has 1 aliphatic carbocycles. The Kier molecular flexibility index (Phi) is 6.05. The van der Waals surface area contributed by atoms with Crippen LogP contribution in [0.1, 0.15) is 38.6 Å². The minimum atomic E-state index is -2.64. The fraction of sp³-hybridized carbons (Fsp3) is 0.714. The maximum atomic E-state index is 12.8. The number of carbonyl (C=O) groups excluding carboxylic acids is 1. The van der Waals surface area contributed by atoms with Gasteiger partial charge in [-0.15, -0.1) is 0 Å². The number of alkyl halides is 2. The van der Waals surface area contributed by atoms with Crippen molar-refractivity contribution >= 4 is 17.8 Å². The Morgan fingerprint density at radius 3 is 3.05 bits per heavy atom. The summed E-state index contributed by atoms with van der Waals surface area (Å²) in [4.78, 5) is 17.4. The molecule has 0 bridgehead atoms. The van der Waals surface area contributed by atoms with E-state index in [0.717, 1.165) is 29.6 Å². The largest absolute Gasteiger partial charge is 0.335 e. The van der Waals surface area contributed by atoms with Crippen molar-refractivity contribution in [2.45, 2.75) is 50.6 Å². The number of nitrogens with one attached hydrogen (secondary N) is 1. The number of halogens is 2. The molecule has 1 saturated carbocycles. The maximum absolute atomic E-state index is 12.8. The van der Waals surface area contributed by atoms with Crippen LogP contribution in [0.25, 0.3) is 0 Å². The van der Waals surface area contributed by atoms with Crippen molar-refractivity contribution in [3.8, 4) is 0 Å². The van der Waals surface area contributed by atoms with Crippen LogP contribution >= 0.6 is 11.8 Å². The molecule has 2 amide bonds. The second-order valence-electron chi connectivity index (χ2n) is 5.42. The zero-order valence-electron chi connectivity index (χ0n) is 12.8. The Bertz CT molecular complexity index is 497. The number of hydrogen-bond donors (Lipinski definition) is 1. The molecular weight excluding hydrogens is 310 g/mol. The lowest BCUT2D eigenvalue weighted by molar-refractivity contribution is 0.0650. The third-order valence-corrected chi connectivity index (χ3v) is 5.03. The smallest absolute Gasteiger partial charge is 0.319 e. The van der Waals surface area contributed by atoms with Gasteiger partial charge in [-0.2, -0.15) is 20.5 Å². The number of hydrogen-bond acceptors (Lipinski definition) is 3. The van der Waals surface area contributed by atoms with Crippen LogP contribution in [0.4, 0.5) is 13.6 Å². The minimum absolute atomic E-state index is 0.0586. The highest BCUT2D eigenvalue weighted by molar-refractivity contribution is 7.99. The molecule has 1 heterocycles. The molecule has 0 radical (unpaired) electrons. The molecule has 0 aliphatic heterocycles. The van der Waals surface area contributed by atoms with Crippen LogP contribution < -0.4 is 5.32 Å². The number of thioether (sulfide) groups is 1. The van der Waals surface area contributed by atoms with E-state index >= 15 is 0 Å². The number of rotatable bonds is 6. The van der Waals surface area contributed by atoms with Crippen LogP contribution in [0.5, 0.6) is 0 Å². The Hall–Kier alpha value is -1.31. The molecule has 1 N–H and O–H groups in total. The average Bonchev–Trinajstić information content (AvgIpc) is 3.08. The monoisotopic (exact) mass is 332 g/mol. The highest BCUT2D eigenvalue weighted by Crippen LogP contribution is 2.29. The average molecular weight is 332 g/mol. The van der Waals surface area contributed by atoms with Gasteiger partial charge in [0.05, 0.1) is 6.54 Å². The second kappa shape index (κ2) is 7.80. The first kappa shape index (κ1) is 17.1. The van der Waals surface area contributed by atoms with Gasteiger partial charge in [0.25, 0.3) is 0 Å². The third kappa shape index (κ3) is 4.34. The van der Waals surface area contributed by atoms with Crippen LogP contribution in [-0.4, -0.2) is 44.6 Å². The van der Waals surface area contributed by atoms with Crippen LogP contribution in [0.15, 0.2) is 12.4 Å². The third-order valence-electron chi connectivity index (χ3n) is 3.80. The predicted molar refractivity (Wildman–Crippen MR) is 83.0 cm³/mol. The van der Waals surface area contributed by atoms with Crippen molar-refractivity contribution in [2.75, 3.05) is 12.8 Å². The minimum Gasteiger partial charge on any atom is -0.335 e. The van der Waals surface area contributed by atoms with Crippen molar-refractivity contribution in [1.82, 2.24) is 19.8 Å². The van der Waals surface area contributed by atoms with Crippen molar-refractivity contribution in [2.24, 2.45) is 0 Å². The van der Waals surface area contributed by atoms with Crippen molar-refractivity contribution < 1.29 is 13.6 Å². The Morgan fingerprint density at radius 1 is 1.59 bits per heavy atom. The van der Waals surface area contributed by atoms with Crippen molar-refractivity contribution in [3.63, 3.8) is 0 Å². The molecule has 0 spiro atoms. The number of carbonyl (C=O) groups is 1. The molecule has 1 aromatic heterocycles. The van der Waals surface area contributed by atoms with E-state index in [-0.39, 0.29) is 24.4 Å². The van der Waals surface area contributed by atoms with Gasteiger partial charge in [-0.1, -0.05) is 6.92 Å². The summed E-state index contributed by atoms with van der Waals surface area (Å²) in [5.41, 5.74) is 0. The molecular formula is C14H22F2N4OS. The van der Waals surface area contributed by atoms with Crippen LogP contribution in [0.2, 0.25) is 0 Å². The van der Waals surface area contributed by atoms with Crippen molar-refractivity contribution in [3.05, 3.63) is 18.2 Å². The number of urea groups is 1. The second-order valence-corrected chi connectivity index (χ2v) is 7.00. The fourth-order valence-electron chi connectivity index (χ4n) is 2.67.